The molecule has 0 N–H and O–H groups in total. The minimum absolute atomic E-state index is 0. The summed E-state index contributed by atoms with van der Waals surface area (Å²) >= 11 is 1.69. The molecule has 5 rings (SSSR count). The van der Waals surface area contributed by atoms with Gasteiger partial charge in [0, 0.05) is 0 Å². The van der Waals surface area contributed by atoms with Crippen LogP contribution in [0, 0.1) is 17.7 Å². The van der Waals surface area contributed by atoms with E-state index >= 15 is 0 Å². The standard InChI is InChI=1S/C13H7F2.C6H10.C5H5.2ClH.Zr/c14-10-3-1-8-5-9-2-4-11(15)7-13(9)12(8)6-10;1-2-4-6-5-3-1;1-2-4-5-3-1;;;/h1-7H;1-5H2;1-3H,4H2;2*1H;/q-1;;-1;;;+2/p-2. The second-order valence-corrected chi connectivity index (χ2v) is 8.51. The van der Waals surface area contributed by atoms with E-state index in [0.29, 0.717) is 0 Å². The van der Waals surface area contributed by atoms with Crippen LogP contribution in [0.5, 0.6) is 0 Å². The molecule has 0 bridgehead atoms. The molecular formula is C24H22Cl2F2Zr-2. The summed E-state index contributed by atoms with van der Waals surface area (Å²) in [6.45, 7) is 0. The minimum atomic E-state index is -0.292. The van der Waals surface area contributed by atoms with Crippen LogP contribution in [0.2, 0.25) is 0 Å². The Balaban J connectivity index is 0.000000252. The molecule has 0 nitrogen and oxygen atoms in total. The quantitative estimate of drug-likeness (QED) is 0.396. The molecule has 0 amide bonds. The van der Waals surface area contributed by atoms with Gasteiger partial charge in [0.15, 0.2) is 0 Å². The molecule has 5 heteroatoms. The molecule has 2 aliphatic carbocycles. The van der Waals surface area contributed by atoms with Crippen LogP contribution in [0.25, 0.3) is 21.5 Å². The number of hydrogen-bond acceptors (Lipinski definition) is 0. The van der Waals surface area contributed by atoms with E-state index in [1.165, 1.54) is 56.4 Å². The summed E-state index contributed by atoms with van der Waals surface area (Å²) in [5.41, 5.74) is 0. The molecular weight excluding hydrogens is 488 g/mol. The Morgan fingerprint density at radius 3 is 1.72 bits per heavy atom. The van der Waals surface area contributed by atoms with Gasteiger partial charge in [0.2, 0.25) is 0 Å². The van der Waals surface area contributed by atoms with Gasteiger partial charge in [0.1, 0.15) is 11.6 Å². The Kier molecular flexibility index (Phi) is 11.9. The first-order valence-electron chi connectivity index (χ1n) is 9.36. The van der Waals surface area contributed by atoms with Crippen LogP contribution in [0.15, 0.2) is 60.7 Å². The molecule has 0 saturated heterocycles. The molecule has 29 heavy (non-hydrogen) atoms. The van der Waals surface area contributed by atoms with E-state index in [0.717, 1.165) is 28.0 Å². The summed E-state index contributed by atoms with van der Waals surface area (Å²) in [5, 5.41) is 3.42. The molecule has 0 atom stereocenters. The van der Waals surface area contributed by atoms with Gasteiger partial charge in [-0.1, -0.05) is 24.3 Å². The second kappa shape index (κ2) is 13.3. The zero-order valence-electron chi connectivity index (χ0n) is 16.0. The topological polar surface area (TPSA) is 0 Å². The van der Waals surface area contributed by atoms with Gasteiger partial charge in [-0.25, -0.2) is 20.9 Å². The molecule has 0 unspecified atom stereocenters. The molecule has 3 aromatic rings. The van der Waals surface area contributed by atoms with Gasteiger partial charge in [-0.3, -0.25) is 6.08 Å². The molecule has 0 heterocycles. The fourth-order valence-corrected chi connectivity index (χ4v) is 4.13. The van der Waals surface area contributed by atoms with Crippen molar-refractivity contribution in [2.24, 2.45) is 0 Å². The number of fused-ring (bicyclic) bond motifs is 3. The van der Waals surface area contributed by atoms with Crippen LogP contribution < -0.4 is 24.8 Å². The molecule has 3 aromatic carbocycles. The Bertz CT molecular complexity index is 915. The summed E-state index contributed by atoms with van der Waals surface area (Å²) in [6, 6.07) is 11.1. The third-order valence-corrected chi connectivity index (χ3v) is 5.90. The fourth-order valence-electron chi connectivity index (χ4n) is 3.26. The zero-order valence-corrected chi connectivity index (χ0v) is 20.0. The Morgan fingerprint density at radius 2 is 1.38 bits per heavy atom. The molecule has 1 saturated carbocycles. The molecule has 0 aliphatic heterocycles. The van der Waals surface area contributed by atoms with Crippen molar-refractivity contribution in [1.82, 2.24) is 0 Å². The number of allylic oxidation sites excluding steroid dienone is 4. The maximum atomic E-state index is 13.0. The second-order valence-electron chi connectivity index (χ2n) is 6.77. The van der Waals surface area contributed by atoms with E-state index in [1.54, 1.807) is 39.6 Å². The van der Waals surface area contributed by atoms with Crippen molar-refractivity contribution in [2.45, 2.75) is 38.5 Å². The molecule has 0 spiro atoms. The summed E-state index contributed by atoms with van der Waals surface area (Å²) < 4.78 is 27.9. The van der Waals surface area contributed by atoms with Crippen LogP contribution in [-0.2, 0) is 24.2 Å². The molecule has 1 fully saturated rings. The Labute approximate surface area is 198 Å². The van der Waals surface area contributed by atoms with Crippen LogP contribution >= 0.6 is 0 Å². The number of rotatable bonds is 0. The average molecular weight is 511 g/mol. The van der Waals surface area contributed by atoms with Gasteiger partial charge >= 0.3 is 59.5 Å². The van der Waals surface area contributed by atoms with Gasteiger partial charge in [-0.15, -0.1) is 46.2 Å². The summed E-state index contributed by atoms with van der Waals surface area (Å²) in [4.78, 5) is 0. The normalized spacial score (nSPS) is 14.4. The van der Waals surface area contributed by atoms with Gasteiger partial charge in [-0.2, -0.15) is 6.08 Å². The first-order chi connectivity index (χ1) is 13.1. The maximum absolute atomic E-state index is 13.0. The summed E-state index contributed by atoms with van der Waals surface area (Å²) in [6.07, 6.45) is 17.3. The van der Waals surface area contributed by atoms with E-state index in [1.807, 2.05) is 18.2 Å². The number of hydrogen-bond donors (Lipinski definition) is 0. The van der Waals surface area contributed by atoms with Crippen molar-refractivity contribution >= 4 is 24.8 Å². The predicted molar refractivity (Wildman–Crippen MR) is 107 cm³/mol. The van der Waals surface area contributed by atoms with Crippen LogP contribution in [-0.4, -0.2) is 3.21 Å². The van der Waals surface area contributed by atoms with Crippen LogP contribution in [0.1, 0.15) is 38.5 Å². The Hall–Kier alpha value is -1.02. The molecule has 2 aliphatic rings. The first kappa shape index (κ1) is 26.0. The third-order valence-electron chi connectivity index (χ3n) is 4.67. The Morgan fingerprint density at radius 1 is 0.828 bits per heavy atom. The van der Waals surface area contributed by atoms with Crippen molar-refractivity contribution in [1.29, 1.82) is 0 Å². The molecule has 0 aromatic heterocycles. The zero-order chi connectivity index (χ0) is 19.1. The summed E-state index contributed by atoms with van der Waals surface area (Å²) in [7, 11) is 0. The van der Waals surface area contributed by atoms with Crippen molar-refractivity contribution in [3.05, 3.63) is 78.4 Å². The van der Waals surface area contributed by atoms with E-state index in [4.69, 9.17) is 0 Å². The SMILES string of the molecule is Fc1ccc2[cH-]c3ccc(F)cc3c2c1.[C-]1=CC=CC1.[Cl-].[Cl-].[Zr+2]=[C]1CCCCC1. The van der Waals surface area contributed by atoms with E-state index in [9.17, 15) is 8.78 Å². The number of halogens is 4. The van der Waals surface area contributed by atoms with E-state index < -0.39 is 0 Å². The van der Waals surface area contributed by atoms with Crippen molar-refractivity contribution in [2.75, 3.05) is 0 Å². The first-order valence-corrected chi connectivity index (χ1v) is 10.6. The van der Waals surface area contributed by atoms with Crippen LogP contribution in [0.4, 0.5) is 8.78 Å². The monoisotopic (exact) mass is 508 g/mol. The van der Waals surface area contributed by atoms with Crippen molar-refractivity contribution < 1.29 is 57.8 Å². The van der Waals surface area contributed by atoms with E-state index in [-0.39, 0.29) is 36.4 Å². The van der Waals surface area contributed by atoms with Gasteiger partial charge < -0.3 is 24.8 Å². The average Bonchev–Trinajstić information content (AvgIpc) is 3.35. The summed E-state index contributed by atoms with van der Waals surface area (Å²) in [5.74, 6) is -0.585. The van der Waals surface area contributed by atoms with Gasteiger partial charge in [0.25, 0.3) is 0 Å². The van der Waals surface area contributed by atoms with Crippen molar-refractivity contribution in [3.8, 4) is 0 Å². The predicted octanol–water partition coefficient (Wildman–Crippen LogP) is 0.973. The van der Waals surface area contributed by atoms with Crippen LogP contribution in [0.3, 0.4) is 0 Å². The van der Waals surface area contributed by atoms with Gasteiger partial charge in [-0.05, 0) is 0 Å². The fraction of sp³-hybridized carbons (Fsp3) is 0.250. The van der Waals surface area contributed by atoms with Gasteiger partial charge in [0.05, 0.1) is 0 Å². The van der Waals surface area contributed by atoms with E-state index in [2.05, 4.69) is 12.2 Å². The molecule has 152 valence electrons. The third kappa shape index (κ3) is 7.97. The molecule has 0 radical (unpaired) electrons. The van der Waals surface area contributed by atoms with Crippen molar-refractivity contribution in [3.63, 3.8) is 0 Å². The number of benzene rings is 2.